The SMILES string of the molecule is c1ccc(-c2ccc(N(c3ccc(-c4ccc5cc6c(cc5c4)sc4ccccc46)cc3)c3ccc4c5ccccc5n(-c5ccccc5)c4c3)cc2)cc1. The van der Waals surface area contributed by atoms with Gasteiger partial charge < -0.3 is 9.47 Å². The van der Waals surface area contributed by atoms with Crippen LogP contribution >= 0.6 is 11.3 Å². The smallest absolute Gasteiger partial charge is 0.0561 e. The number of hydrogen-bond donors (Lipinski definition) is 0. The highest BCUT2D eigenvalue weighted by molar-refractivity contribution is 7.25. The summed E-state index contributed by atoms with van der Waals surface area (Å²) < 4.78 is 5.06. The lowest BCUT2D eigenvalue weighted by Crippen LogP contribution is -2.10. The molecule has 2 aromatic heterocycles. The van der Waals surface area contributed by atoms with Gasteiger partial charge in [0.15, 0.2) is 0 Å². The van der Waals surface area contributed by atoms with Crippen LogP contribution in [-0.4, -0.2) is 4.57 Å². The molecule has 0 amide bonds. The molecule has 3 heteroatoms. The van der Waals surface area contributed by atoms with Gasteiger partial charge in [-0.05, 0) is 112 Å². The molecule has 0 N–H and O–H groups in total. The maximum atomic E-state index is 2.39. The molecule has 0 saturated heterocycles. The highest BCUT2D eigenvalue weighted by Crippen LogP contribution is 2.42. The van der Waals surface area contributed by atoms with Crippen molar-refractivity contribution in [2.45, 2.75) is 0 Å². The molecule has 11 aromatic rings. The second-order valence-electron chi connectivity index (χ2n) is 14.2. The Morgan fingerprint density at radius 3 is 1.67 bits per heavy atom. The standard InChI is InChI=1S/C52H34N2S/c1-3-11-35(12-4-1)36-21-25-42(26-22-36)53(44-29-30-46-45-15-7-9-17-49(45)54(50(46)34-44)41-13-5-2-6-14-41)43-27-23-37(24-28-43)38-19-20-39-32-48-47-16-8-10-18-51(47)55-52(48)33-40(39)31-38/h1-34H. The quantitative estimate of drug-likeness (QED) is 0.166. The third-order valence-corrected chi connectivity index (χ3v) is 12.1. The number of aromatic nitrogens is 1. The minimum absolute atomic E-state index is 1.10. The Bertz CT molecular complexity index is 3180. The first kappa shape index (κ1) is 31.6. The van der Waals surface area contributed by atoms with E-state index in [1.54, 1.807) is 0 Å². The summed E-state index contributed by atoms with van der Waals surface area (Å²) in [5.74, 6) is 0. The zero-order valence-corrected chi connectivity index (χ0v) is 30.7. The maximum absolute atomic E-state index is 2.39. The molecular weight excluding hydrogens is 685 g/mol. The van der Waals surface area contributed by atoms with E-state index in [1.807, 2.05) is 11.3 Å². The molecule has 2 nitrogen and oxygen atoms in total. The summed E-state index contributed by atoms with van der Waals surface area (Å²) in [6.07, 6.45) is 0. The Hall–Kier alpha value is -6.94. The van der Waals surface area contributed by atoms with Gasteiger partial charge >= 0.3 is 0 Å². The van der Waals surface area contributed by atoms with Crippen molar-refractivity contribution in [1.29, 1.82) is 0 Å². The van der Waals surface area contributed by atoms with Crippen LogP contribution in [0.1, 0.15) is 0 Å². The largest absolute Gasteiger partial charge is 0.310 e. The third kappa shape index (κ3) is 5.40. The van der Waals surface area contributed by atoms with Crippen molar-refractivity contribution in [3.8, 4) is 27.9 Å². The molecule has 0 atom stereocenters. The number of fused-ring (bicyclic) bond motifs is 7. The van der Waals surface area contributed by atoms with E-state index in [9.17, 15) is 0 Å². The molecule has 11 rings (SSSR count). The average Bonchev–Trinajstić information content (AvgIpc) is 3.78. The fourth-order valence-electron chi connectivity index (χ4n) is 8.28. The van der Waals surface area contributed by atoms with Crippen molar-refractivity contribution in [3.05, 3.63) is 206 Å². The van der Waals surface area contributed by atoms with Crippen molar-refractivity contribution in [2.75, 3.05) is 4.90 Å². The zero-order chi connectivity index (χ0) is 36.3. The molecule has 0 spiro atoms. The van der Waals surface area contributed by atoms with E-state index in [1.165, 1.54) is 75.0 Å². The molecule has 55 heavy (non-hydrogen) atoms. The second-order valence-corrected chi connectivity index (χ2v) is 15.3. The predicted molar refractivity (Wildman–Crippen MR) is 237 cm³/mol. The van der Waals surface area contributed by atoms with Crippen molar-refractivity contribution in [1.82, 2.24) is 4.57 Å². The maximum Gasteiger partial charge on any atom is 0.0561 e. The van der Waals surface area contributed by atoms with Crippen molar-refractivity contribution in [3.63, 3.8) is 0 Å². The number of anilines is 3. The van der Waals surface area contributed by atoms with Crippen LogP contribution in [0.4, 0.5) is 17.1 Å². The van der Waals surface area contributed by atoms with Gasteiger partial charge in [-0.2, -0.15) is 0 Å². The van der Waals surface area contributed by atoms with E-state index < -0.39 is 0 Å². The summed E-state index contributed by atoms with van der Waals surface area (Å²) in [6.45, 7) is 0. The Morgan fingerprint density at radius 1 is 0.327 bits per heavy atom. The summed E-state index contributed by atoms with van der Waals surface area (Å²) in [4.78, 5) is 2.38. The van der Waals surface area contributed by atoms with Gasteiger partial charge in [-0.25, -0.2) is 0 Å². The van der Waals surface area contributed by atoms with Gasteiger partial charge in [0.2, 0.25) is 0 Å². The van der Waals surface area contributed by atoms with Crippen molar-refractivity contribution >= 4 is 81.1 Å². The average molecular weight is 719 g/mol. The monoisotopic (exact) mass is 718 g/mol. The summed E-state index contributed by atoms with van der Waals surface area (Å²) >= 11 is 1.87. The molecular formula is C52H34N2S. The van der Waals surface area contributed by atoms with Gasteiger partial charge in [-0.15, -0.1) is 11.3 Å². The van der Waals surface area contributed by atoms with Crippen LogP contribution in [0.3, 0.4) is 0 Å². The van der Waals surface area contributed by atoms with Gasteiger partial charge in [0.25, 0.3) is 0 Å². The Labute approximate surface area is 323 Å². The zero-order valence-electron chi connectivity index (χ0n) is 29.9. The lowest BCUT2D eigenvalue weighted by atomic mass is 9.99. The van der Waals surface area contributed by atoms with Crippen LogP contribution in [0.15, 0.2) is 206 Å². The van der Waals surface area contributed by atoms with Crippen LogP contribution in [0, 0.1) is 0 Å². The fraction of sp³-hybridized carbons (Fsp3) is 0. The Balaban J connectivity index is 1.03. The normalized spacial score (nSPS) is 11.6. The Morgan fingerprint density at radius 2 is 0.909 bits per heavy atom. The van der Waals surface area contributed by atoms with E-state index in [0.717, 1.165) is 22.7 Å². The van der Waals surface area contributed by atoms with Crippen LogP contribution in [0.25, 0.3) is 80.7 Å². The summed E-state index contributed by atoms with van der Waals surface area (Å²) in [5, 5.41) is 7.70. The molecule has 0 radical (unpaired) electrons. The summed E-state index contributed by atoms with van der Waals surface area (Å²) in [7, 11) is 0. The van der Waals surface area contributed by atoms with Crippen LogP contribution in [0.2, 0.25) is 0 Å². The topological polar surface area (TPSA) is 8.17 Å². The molecule has 0 aliphatic rings. The first-order valence-electron chi connectivity index (χ1n) is 18.7. The molecule has 0 saturated carbocycles. The van der Waals surface area contributed by atoms with Gasteiger partial charge in [-0.1, -0.05) is 127 Å². The fourth-order valence-corrected chi connectivity index (χ4v) is 9.42. The Kier molecular flexibility index (Phi) is 7.39. The molecule has 0 aliphatic carbocycles. The number of hydrogen-bond acceptors (Lipinski definition) is 2. The van der Waals surface area contributed by atoms with Crippen molar-refractivity contribution in [2.24, 2.45) is 0 Å². The number of nitrogens with zero attached hydrogens (tertiary/aromatic N) is 2. The van der Waals surface area contributed by atoms with E-state index in [0.29, 0.717) is 0 Å². The number of rotatable bonds is 6. The van der Waals surface area contributed by atoms with Crippen LogP contribution in [0.5, 0.6) is 0 Å². The van der Waals surface area contributed by atoms with Gasteiger partial charge in [0.1, 0.15) is 0 Å². The number of thiophene rings is 1. The van der Waals surface area contributed by atoms with E-state index in [4.69, 9.17) is 0 Å². The molecule has 2 heterocycles. The lowest BCUT2D eigenvalue weighted by molar-refractivity contribution is 1.18. The summed E-state index contributed by atoms with van der Waals surface area (Å²) in [5.41, 5.74) is 11.7. The van der Waals surface area contributed by atoms with Gasteiger partial charge in [-0.3, -0.25) is 0 Å². The lowest BCUT2D eigenvalue weighted by Gasteiger charge is -2.26. The molecule has 0 aliphatic heterocycles. The minimum Gasteiger partial charge on any atom is -0.310 e. The van der Waals surface area contributed by atoms with E-state index >= 15 is 0 Å². The van der Waals surface area contributed by atoms with Crippen LogP contribution < -0.4 is 4.90 Å². The second kappa shape index (κ2) is 12.9. The van der Waals surface area contributed by atoms with E-state index in [-0.39, 0.29) is 0 Å². The number of benzene rings is 9. The molecule has 0 unspecified atom stereocenters. The summed E-state index contributed by atoms with van der Waals surface area (Å²) in [6, 6.07) is 75.2. The van der Waals surface area contributed by atoms with Crippen molar-refractivity contribution < 1.29 is 0 Å². The highest BCUT2D eigenvalue weighted by atomic mass is 32.1. The first-order valence-corrected chi connectivity index (χ1v) is 19.6. The minimum atomic E-state index is 1.10. The van der Waals surface area contributed by atoms with Gasteiger partial charge in [0.05, 0.1) is 11.0 Å². The molecule has 9 aromatic carbocycles. The number of para-hydroxylation sites is 2. The molecule has 0 fully saturated rings. The van der Waals surface area contributed by atoms with E-state index in [2.05, 4.69) is 216 Å². The highest BCUT2D eigenvalue weighted by Gasteiger charge is 2.18. The third-order valence-electron chi connectivity index (χ3n) is 11.0. The molecule has 258 valence electrons. The predicted octanol–water partition coefficient (Wildman–Crippen LogP) is 15.1. The molecule has 0 bridgehead atoms. The van der Waals surface area contributed by atoms with Gasteiger partial charge in [0, 0.05) is 53.7 Å². The van der Waals surface area contributed by atoms with Crippen LogP contribution in [-0.2, 0) is 0 Å². The first-order chi connectivity index (χ1) is 27.2.